The van der Waals surface area contributed by atoms with E-state index in [4.69, 9.17) is 5.73 Å². The van der Waals surface area contributed by atoms with Gasteiger partial charge in [0, 0.05) is 36.1 Å². The zero-order chi connectivity index (χ0) is 20.0. The van der Waals surface area contributed by atoms with Crippen molar-refractivity contribution in [3.63, 3.8) is 0 Å². The molecule has 0 spiro atoms. The molecule has 0 atom stereocenters. The number of aromatic nitrogens is 3. The third-order valence-corrected chi connectivity index (χ3v) is 5.49. The second-order valence-electron chi connectivity index (χ2n) is 7.00. The first-order valence-corrected chi connectivity index (χ1v) is 9.66. The quantitative estimate of drug-likeness (QED) is 0.524. The van der Waals surface area contributed by atoms with Gasteiger partial charge in [0.05, 0.1) is 22.6 Å². The van der Waals surface area contributed by atoms with Gasteiger partial charge < -0.3 is 10.6 Å². The maximum atomic E-state index is 13.2. The zero-order valence-corrected chi connectivity index (χ0v) is 17.5. The van der Waals surface area contributed by atoms with Crippen LogP contribution in [-0.2, 0) is 13.6 Å². The number of carbonyl (C=O) groups is 1. The molecule has 2 heterocycles. The zero-order valence-electron chi connectivity index (χ0n) is 15.9. The van der Waals surface area contributed by atoms with E-state index in [2.05, 4.69) is 26.0 Å². The first-order valence-electron chi connectivity index (χ1n) is 8.86. The van der Waals surface area contributed by atoms with Gasteiger partial charge >= 0.3 is 0 Å². The van der Waals surface area contributed by atoms with Crippen LogP contribution in [0.2, 0.25) is 0 Å². The Morgan fingerprint density at radius 2 is 1.93 bits per heavy atom. The minimum Gasteiger partial charge on any atom is -0.383 e. The van der Waals surface area contributed by atoms with E-state index in [0.717, 1.165) is 37.4 Å². The Labute approximate surface area is 171 Å². The molecule has 0 saturated heterocycles. The molecule has 0 aliphatic heterocycles. The van der Waals surface area contributed by atoms with Crippen LogP contribution >= 0.6 is 15.9 Å². The molecule has 0 radical (unpaired) electrons. The van der Waals surface area contributed by atoms with Gasteiger partial charge in [0.1, 0.15) is 5.82 Å². The van der Waals surface area contributed by atoms with Crippen LogP contribution in [0.15, 0.2) is 47.1 Å². The van der Waals surface area contributed by atoms with E-state index in [1.807, 2.05) is 57.4 Å². The highest BCUT2D eigenvalue weighted by atomic mass is 79.9. The van der Waals surface area contributed by atoms with E-state index in [0.29, 0.717) is 17.9 Å². The number of nitrogens with zero attached hydrogens (tertiary/aromatic N) is 4. The lowest BCUT2D eigenvalue weighted by Crippen LogP contribution is -2.26. The van der Waals surface area contributed by atoms with Gasteiger partial charge in [-0.25, -0.2) is 4.98 Å². The maximum absolute atomic E-state index is 13.2. The molecule has 1 amide bonds. The number of nitrogens with two attached hydrogens (primary N) is 1. The molecule has 7 heteroatoms. The topological polar surface area (TPSA) is 77.0 Å². The van der Waals surface area contributed by atoms with Gasteiger partial charge in [0.15, 0.2) is 0 Å². The number of pyridine rings is 1. The molecule has 2 aromatic carbocycles. The highest BCUT2D eigenvalue weighted by molar-refractivity contribution is 9.10. The molecule has 0 fully saturated rings. The van der Waals surface area contributed by atoms with Crippen LogP contribution in [0.25, 0.3) is 21.8 Å². The molecule has 2 N–H and O–H groups in total. The first kappa shape index (κ1) is 18.4. The second-order valence-corrected chi connectivity index (χ2v) is 7.92. The Bertz CT molecular complexity index is 1210. The second kappa shape index (κ2) is 6.91. The standard InChI is InChI=1S/C21H20BrN5O/c1-12-8-18-16(19-17(20(23)25-18)10-24-27(19)3)9-15(12)21(28)26(2)11-13-4-6-14(22)7-5-13/h4-10H,11H2,1-3H3,(H2,23,25). The van der Waals surface area contributed by atoms with E-state index in [1.165, 1.54) is 0 Å². The summed E-state index contributed by atoms with van der Waals surface area (Å²) in [6.07, 6.45) is 1.71. The molecule has 0 aliphatic carbocycles. The lowest BCUT2D eigenvalue weighted by atomic mass is 10.0. The average Bonchev–Trinajstić information content (AvgIpc) is 3.05. The van der Waals surface area contributed by atoms with Crippen molar-refractivity contribution in [3.8, 4) is 0 Å². The van der Waals surface area contributed by atoms with Gasteiger partial charge in [0.25, 0.3) is 5.91 Å². The predicted molar refractivity (Wildman–Crippen MR) is 115 cm³/mol. The molecule has 0 bridgehead atoms. The number of amides is 1. The van der Waals surface area contributed by atoms with Crippen LogP contribution in [0.1, 0.15) is 21.5 Å². The van der Waals surface area contributed by atoms with Gasteiger partial charge in [-0.15, -0.1) is 0 Å². The van der Waals surface area contributed by atoms with Crippen molar-refractivity contribution in [1.29, 1.82) is 0 Å². The van der Waals surface area contributed by atoms with Gasteiger partial charge in [0.2, 0.25) is 0 Å². The van der Waals surface area contributed by atoms with Gasteiger partial charge in [-0.05, 0) is 42.3 Å². The molecule has 4 aromatic rings. The summed E-state index contributed by atoms with van der Waals surface area (Å²) in [7, 11) is 3.68. The van der Waals surface area contributed by atoms with E-state index < -0.39 is 0 Å². The fourth-order valence-corrected chi connectivity index (χ4v) is 3.75. The van der Waals surface area contributed by atoms with Crippen molar-refractivity contribution >= 4 is 49.5 Å². The summed E-state index contributed by atoms with van der Waals surface area (Å²) < 4.78 is 2.78. The summed E-state index contributed by atoms with van der Waals surface area (Å²) in [5.41, 5.74) is 10.3. The maximum Gasteiger partial charge on any atom is 0.254 e. The van der Waals surface area contributed by atoms with Gasteiger partial charge in [-0.3, -0.25) is 9.48 Å². The number of hydrogen-bond acceptors (Lipinski definition) is 4. The number of nitrogen functional groups attached to an aromatic ring is 1. The molecule has 4 rings (SSSR count). The van der Waals surface area contributed by atoms with Crippen molar-refractivity contribution in [3.05, 3.63) is 63.8 Å². The molecule has 142 valence electrons. The molecule has 0 aliphatic rings. The Balaban J connectivity index is 1.77. The summed E-state index contributed by atoms with van der Waals surface area (Å²) in [5, 5.41) is 5.96. The fourth-order valence-electron chi connectivity index (χ4n) is 3.48. The summed E-state index contributed by atoms with van der Waals surface area (Å²) in [6.45, 7) is 2.45. The molecule has 0 unspecified atom stereocenters. The minimum absolute atomic E-state index is 0.0329. The molecular weight excluding hydrogens is 418 g/mol. The summed E-state index contributed by atoms with van der Waals surface area (Å²) in [4.78, 5) is 19.4. The number of fused-ring (bicyclic) bond motifs is 3. The molecule has 6 nitrogen and oxygen atoms in total. The number of hydrogen-bond donors (Lipinski definition) is 1. The monoisotopic (exact) mass is 437 g/mol. The van der Waals surface area contributed by atoms with Crippen LogP contribution in [-0.4, -0.2) is 32.6 Å². The van der Waals surface area contributed by atoms with Crippen LogP contribution in [0, 0.1) is 6.92 Å². The van der Waals surface area contributed by atoms with Gasteiger partial charge in [-0.1, -0.05) is 28.1 Å². The smallest absolute Gasteiger partial charge is 0.254 e. The number of halogens is 1. The number of anilines is 1. The van der Waals surface area contributed by atoms with Crippen LogP contribution in [0.3, 0.4) is 0 Å². The van der Waals surface area contributed by atoms with Crippen molar-refractivity contribution in [2.75, 3.05) is 12.8 Å². The molecule has 2 aromatic heterocycles. The third-order valence-electron chi connectivity index (χ3n) is 4.96. The molecule has 0 saturated carbocycles. The number of rotatable bonds is 3. The van der Waals surface area contributed by atoms with E-state index >= 15 is 0 Å². The van der Waals surface area contributed by atoms with Crippen molar-refractivity contribution in [2.45, 2.75) is 13.5 Å². The largest absolute Gasteiger partial charge is 0.383 e. The normalized spacial score (nSPS) is 11.3. The molecule has 28 heavy (non-hydrogen) atoms. The van der Waals surface area contributed by atoms with Crippen LogP contribution in [0.4, 0.5) is 5.82 Å². The third kappa shape index (κ3) is 3.11. The van der Waals surface area contributed by atoms with E-state index in [9.17, 15) is 4.79 Å². The van der Waals surface area contributed by atoms with E-state index in [1.54, 1.807) is 15.8 Å². The highest BCUT2D eigenvalue weighted by Crippen LogP contribution is 2.30. The lowest BCUT2D eigenvalue weighted by molar-refractivity contribution is 0.0784. The summed E-state index contributed by atoms with van der Waals surface area (Å²) in [6, 6.07) is 11.8. The number of carbonyl (C=O) groups excluding carboxylic acids is 1. The van der Waals surface area contributed by atoms with Crippen LogP contribution in [0.5, 0.6) is 0 Å². The molecular formula is C21H20BrN5O. The SMILES string of the molecule is Cc1cc2nc(N)c3cnn(C)c3c2cc1C(=O)N(C)Cc1ccc(Br)cc1. The van der Waals surface area contributed by atoms with Crippen molar-refractivity contribution in [2.24, 2.45) is 7.05 Å². The Hall–Kier alpha value is -2.93. The highest BCUT2D eigenvalue weighted by Gasteiger charge is 2.18. The summed E-state index contributed by atoms with van der Waals surface area (Å²) >= 11 is 3.43. The number of aryl methyl sites for hydroxylation is 2. The van der Waals surface area contributed by atoms with Crippen LogP contribution < -0.4 is 5.73 Å². The minimum atomic E-state index is -0.0329. The summed E-state index contributed by atoms with van der Waals surface area (Å²) in [5.74, 6) is 0.413. The Morgan fingerprint density at radius 1 is 1.21 bits per heavy atom. The first-order chi connectivity index (χ1) is 13.3. The van der Waals surface area contributed by atoms with Crippen molar-refractivity contribution in [1.82, 2.24) is 19.7 Å². The average molecular weight is 438 g/mol. The predicted octanol–water partition coefficient (Wildman–Crippen LogP) is 4.05. The fraction of sp³-hybridized carbons (Fsp3) is 0.190. The number of benzene rings is 2. The van der Waals surface area contributed by atoms with E-state index in [-0.39, 0.29) is 5.91 Å². The lowest BCUT2D eigenvalue weighted by Gasteiger charge is -2.19. The Morgan fingerprint density at radius 3 is 2.64 bits per heavy atom. The van der Waals surface area contributed by atoms with Gasteiger partial charge in [-0.2, -0.15) is 5.10 Å². The van der Waals surface area contributed by atoms with Crippen molar-refractivity contribution < 1.29 is 4.79 Å². The Kier molecular flexibility index (Phi) is 4.55.